The van der Waals surface area contributed by atoms with E-state index in [1.54, 1.807) is 6.20 Å². The molecule has 4 nitrogen and oxygen atoms in total. The molecule has 1 aliphatic rings. The van der Waals surface area contributed by atoms with Gasteiger partial charge in [0, 0.05) is 30.7 Å². The summed E-state index contributed by atoms with van der Waals surface area (Å²) in [6.45, 7) is 3.82. The van der Waals surface area contributed by atoms with Crippen LogP contribution in [0.4, 0.5) is 5.69 Å². The van der Waals surface area contributed by atoms with Crippen molar-refractivity contribution < 1.29 is 0 Å². The van der Waals surface area contributed by atoms with E-state index in [2.05, 4.69) is 22.9 Å². The van der Waals surface area contributed by atoms with Crippen LogP contribution in [0.3, 0.4) is 0 Å². The summed E-state index contributed by atoms with van der Waals surface area (Å²) >= 11 is 0. The van der Waals surface area contributed by atoms with Gasteiger partial charge in [-0.25, -0.2) is 0 Å². The first-order chi connectivity index (χ1) is 10.3. The minimum Gasteiger partial charge on any atom is -0.365 e. The van der Waals surface area contributed by atoms with E-state index in [1.807, 2.05) is 24.3 Å². The molecule has 2 heterocycles. The van der Waals surface area contributed by atoms with Crippen LogP contribution in [0.2, 0.25) is 0 Å². The van der Waals surface area contributed by atoms with Crippen molar-refractivity contribution in [3.05, 3.63) is 36.0 Å². The molecular formula is C17H20N4. The van der Waals surface area contributed by atoms with E-state index in [4.69, 9.17) is 5.73 Å². The molecule has 4 heteroatoms. The molecule has 108 valence electrons. The molecule has 0 spiro atoms. The lowest BCUT2D eigenvalue weighted by molar-refractivity contribution is 0.350. The molecular weight excluding hydrogens is 260 g/mol. The Morgan fingerprint density at radius 3 is 3.00 bits per heavy atom. The fraction of sp³-hybridized carbons (Fsp3) is 0.412. The molecule has 1 saturated heterocycles. The van der Waals surface area contributed by atoms with Gasteiger partial charge < -0.3 is 10.6 Å². The summed E-state index contributed by atoms with van der Waals surface area (Å²) in [6, 6.07) is 10.6. The number of nitrogens with zero attached hydrogens (tertiary/aromatic N) is 3. The van der Waals surface area contributed by atoms with E-state index < -0.39 is 0 Å². The Balaban J connectivity index is 2.20. The molecule has 2 atom stereocenters. The van der Waals surface area contributed by atoms with Crippen molar-refractivity contribution in [3.8, 4) is 6.07 Å². The van der Waals surface area contributed by atoms with Crippen LogP contribution in [0.5, 0.6) is 0 Å². The number of nitriles is 1. The highest BCUT2D eigenvalue weighted by Gasteiger charge is 2.30. The number of fused-ring (bicyclic) bond motifs is 1. The number of piperidine rings is 1. The van der Waals surface area contributed by atoms with Crippen LogP contribution in [-0.4, -0.2) is 24.1 Å². The van der Waals surface area contributed by atoms with Crippen LogP contribution in [0, 0.1) is 17.2 Å². The summed E-state index contributed by atoms with van der Waals surface area (Å²) in [6.07, 6.45) is 4.02. The lowest BCUT2D eigenvalue weighted by atomic mass is 9.89. The molecule has 2 unspecified atom stereocenters. The van der Waals surface area contributed by atoms with Crippen molar-refractivity contribution in [1.29, 1.82) is 5.26 Å². The molecule has 2 aromatic rings. The lowest BCUT2D eigenvalue weighted by Crippen LogP contribution is -2.49. The number of hydrogen-bond acceptors (Lipinski definition) is 4. The highest BCUT2D eigenvalue weighted by molar-refractivity contribution is 5.94. The fourth-order valence-electron chi connectivity index (χ4n) is 3.40. The van der Waals surface area contributed by atoms with Crippen LogP contribution >= 0.6 is 0 Å². The topological polar surface area (TPSA) is 65.9 Å². The summed E-state index contributed by atoms with van der Waals surface area (Å²) in [5.41, 5.74) is 8.59. The third kappa shape index (κ3) is 2.34. The predicted octanol–water partition coefficient (Wildman–Crippen LogP) is 2.67. The van der Waals surface area contributed by atoms with E-state index in [1.165, 1.54) is 6.42 Å². The highest BCUT2D eigenvalue weighted by Crippen LogP contribution is 2.35. The molecule has 1 fully saturated rings. The minimum atomic E-state index is 0.289. The van der Waals surface area contributed by atoms with Gasteiger partial charge >= 0.3 is 0 Å². The molecule has 21 heavy (non-hydrogen) atoms. The Morgan fingerprint density at radius 2 is 2.24 bits per heavy atom. The Bertz CT molecular complexity index is 689. The predicted molar refractivity (Wildman–Crippen MR) is 85.0 cm³/mol. The average molecular weight is 280 g/mol. The molecule has 0 radical (unpaired) electrons. The van der Waals surface area contributed by atoms with Crippen LogP contribution in [0.15, 0.2) is 30.5 Å². The van der Waals surface area contributed by atoms with E-state index in [0.717, 1.165) is 29.6 Å². The van der Waals surface area contributed by atoms with Crippen molar-refractivity contribution in [2.24, 2.45) is 11.7 Å². The van der Waals surface area contributed by atoms with Gasteiger partial charge in [-0.3, -0.25) is 4.98 Å². The smallest absolute Gasteiger partial charge is 0.103 e. The number of anilines is 1. The summed E-state index contributed by atoms with van der Waals surface area (Å²) < 4.78 is 0. The Hall–Kier alpha value is -2.12. The Labute approximate surface area is 125 Å². The fourth-order valence-corrected chi connectivity index (χ4v) is 3.40. The SMILES string of the molecule is CC1CCCN(c2c(C#N)cnc3ccccc23)C1CN. The van der Waals surface area contributed by atoms with Gasteiger partial charge in [-0.05, 0) is 24.8 Å². The normalized spacial score (nSPS) is 22.2. The number of rotatable bonds is 2. The quantitative estimate of drug-likeness (QED) is 0.918. The molecule has 3 rings (SSSR count). The largest absolute Gasteiger partial charge is 0.365 e. The number of hydrogen-bond donors (Lipinski definition) is 1. The van der Waals surface area contributed by atoms with Crippen molar-refractivity contribution >= 4 is 16.6 Å². The summed E-state index contributed by atoms with van der Waals surface area (Å²) in [5, 5.41) is 10.5. The first kappa shape index (κ1) is 13.8. The van der Waals surface area contributed by atoms with Crippen molar-refractivity contribution in [3.63, 3.8) is 0 Å². The standard InChI is InChI=1S/C17H20N4/c1-12-5-4-8-21(16(12)10-19)17-13(9-18)11-20-15-7-3-2-6-14(15)17/h2-3,6-7,11-12,16H,4-5,8,10,19H2,1H3. The average Bonchev–Trinajstić information content (AvgIpc) is 2.53. The van der Waals surface area contributed by atoms with E-state index in [0.29, 0.717) is 18.0 Å². The maximum atomic E-state index is 9.49. The van der Waals surface area contributed by atoms with Crippen molar-refractivity contribution in [2.75, 3.05) is 18.0 Å². The third-order valence-corrected chi connectivity index (χ3v) is 4.51. The van der Waals surface area contributed by atoms with Crippen LogP contribution < -0.4 is 10.6 Å². The van der Waals surface area contributed by atoms with Gasteiger partial charge in [-0.15, -0.1) is 0 Å². The number of nitrogens with two attached hydrogens (primary N) is 1. The van der Waals surface area contributed by atoms with E-state index >= 15 is 0 Å². The summed E-state index contributed by atoms with van der Waals surface area (Å²) in [4.78, 5) is 6.73. The van der Waals surface area contributed by atoms with E-state index in [9.17, 15) is 5.26 Å². The van der Waals surface area contributed by atoms with Crippen molar-refractivity contribution in [1.82, 2.24) is 4.98 Å². The zero-order valence-electron chi connectivity index (χ0n) is 12.3. The number of aromatic nitrogens is 1. The minimum absolute atomic E-state index is 0.289. The Morgan fingerprint density at radius 1 is 1.43 bits per heavy atom. The molecule has 2 N–H and O–H groups in total. The van der Waals surface area contributed by atoms with Crippen LogP contribution in [0.1, 0.15) is 25.3 Å². The van der Waals surface area contributed by atoms with Gasteiger partial charge in [-0.1, -0.05) is 25.1 Å². The highest BCUT2D eigenvalue weighted by atomic mass is 15.2. The van der Waals surface area contributed by atoms with Gasteiger partial charge in [0.15, 0.2) is 0 Å². The van der Waals surface area contributed by atoms with Gasteiger partial charge in [0.2, 0.25) is 0 Å². The van der Waals surface area contributed by atoms with Crippen molar-refractivity contribution in [2.45, 2.75) is 25.8 Å². The second kappa shape index (κ2) is 5.71. The van der Waals surface area contributed by atoms with Gasteiger partial charge in [0.1, 0.15) is 6.07 Å². The first-order valence-electron chi connectivity index (χ1n) is 7.50. The van der Waals surface area contributed by atoms with Gasteiger partial charge in [0.05, 0.1) is 16.8 Å². The first-order valence-corrected chi connectivity index (χ1v) is 7.50. The molecule has 1 aromatic heterocycles. The third-order valence-electron chi connectivity index (χ3n) is 4.51. The molecule has 0 amide bonds. The van der Waals surface area contributed by atoms with Crippen LogP contribution in [0.25, 0.3) is 10.9 Å². The van der Waals surface area contributed by atoms with Gasteiger partial charge in [0.25, 0.3) is 0 Å². The maximum absolute atomic E-state index is 9.49. The number of benzene rings is 1. The number of pyridine rings is 1. The second-order valence-corrected chi connectivity index (χ2v) is 5.77. The molecule has 0 aliphatic carbocycles. The maximum Gasteiger partial charge on any atom is 0.103 e. The summed E-state index contributed by atoms with van der Waals surface area (Å²) in [7, 11) is 0. The zero-order valence-corrected chi connectivity index (χ0v) is 12.3. The van der Waals surface area contributed by atoms with E-state index in [-0.39, 0.29) is 6.04 Å². The molecule has 0 saturated carbocycles. The molecule has 0 bridgehead atoms. The second-order valence-electron chi connectivity index (χ2n) is 5.77. The van der Waals surface area contributed by atoms with Crippen LogP contribution in [-0.2, 0) is 0 Å². The Kier molecular flexibility index (Phi) is 3.76. The zero-order chi connectivity index (χ0) is 14.8. The molecule has 1 aliphatic heterocycles. The number of para-hydroxylation sites is 1. The molecule has 1 aromatic carbocycles. The lowest BCUT2D eigenvalue weighted by Gasteiger charge is -2.41. The van der Waals surface area contributed by atoms with Gasteiger partial charge in [-0.2, -0.15) is 5.26 Å². The summed E-state index contributed by atoms with van der Waals surface area (Å²) in [5.74, 6) is 0.544. The monoisotopic (exact) mass is 280 g/mol.